The van der Waals surface area contributed by atoms with Gasteiger partial charge in [-0.2, -0.15) is 0 Å². The molecule has 0 unspecified atom stereocenters. The van der Waals surface area contributed by atoms with Gasteiger partial charge in [-0.1, -0.05) is 49.9 Å². The fourth-order valence-corrected chi connectivity index (χ4v) is 2.75. The number of hydrogen-bond donors (Lipinski definition) is 1. The molecule has 0 aliphatic carbocycles. The van der Waals surface area contributed by atoms with Gasteiger partial charge in [0.15, 0.2) is 0 Å². The highest BCUT2D eigenvalue weighted by Crippen LogP contribution is 2.34. The highest BCUT2D eigenvalue weighted by Gasteiger charge is 2.04. The topological polar surface area (TPSA) is 21.3 Å². The van der Waals surface area contributed by atoms with Crippen LogP contribution in [0.25, 0.3) is 0 Å². The minimum atomic E-state index is 0.512. The van der Waals surface area contributed by atoms with Gasteiger partial charge in [0.05, 0.1) is 12.0 Å². The lowest BCUT2D eigenvalue weighted by molar-refractivity contribution is 0.405. The summed E-state index contributed by atoms with van der Waals surface area (Å²) >= 11 is 1.73. The summed E-state index contributed by atoms with van der Waals surface area (Å²) in [5.41, 5.74) is 1.31. The third-order valence-corrected chi connectivity index (χ3v) is 4.00. The molecule has 2 rings (SSSR count). The molecule has 0 aromatic heterocycles. The van der Waals surface area contributed by atoms with E-state index in [1.807, 2.05) is 18.2 Å². The standard InChI is InChI=1S/C17H21NOS/c1-13(2)18-12-14-8-10-15(11-9-14)20-17-7-5-4-6-16(17)19-3/h4-11,13,18H,12H2,1-3H3. The van der Waals surface area contributed by atoms with Crippen LogP contribution in [0.4, 0.5) is 0 Å². The Morgan fingerprint density at radius 3 is 2.40 bits per heavy atom. The Balaban J connectivity index is 2.03. The summed E-state index contributed by atoms with van der Waals surface area (Å²) in [5.74, 6) is 0.919. The van der Waals surface area contributed by atoms with Crippen molar-refractivity contribution >= 4 is 11.8 Å². The van der Waals surface area contributed by atoms with Gasteiger partial charge in [-0.15, -0.1) is 0 Å². The molecule has 1 N–H and O–H groups in total. The second-order valence-electron chi connectivity index (χ2n) is 4.93. The molecule has 0 aliphatic heterocycles. The highest BCUT2D eigenvalue weighted by atomic mass is 32.2. The van der Waals surface area contributed by atoms with Crippen LogP contribution in [0, 0.1) is 0 Å². The van der Waals surface area contributed by atoms with Crippen molar-refractivity contribution < 1.29 is 4.74 Å². The van der Waals surface area contributed by atoms with Crippen LogP contribution in [-0.4, -0.2) is 13.2 Å². The van der Waals surface area contributed by atoms with E-state index < -0.39 is 0 Å². The van der Waals surface area contributed by atoms with Gasteiger partial charge in [0.1, 0.15) is 5.75 Å². The van der Waals surface area contributed by atoms with Crippen molar-refractivity contribution in [3.8, 4) is 5.75 Å². The van der Waals surface area contributed by atoms with Crippen molar-refractivity contribution in [1.29, 1.82) is 0 Å². The van der Waals surface area contributed by atoms with E-state index in [1.165, 1.54) is 10.5 Å². The van der Waals surface area contributed by atoms with E-state index in [9.17, 15) is 0 Å². The second kappa shape index (κ2) is 7.36. The van der Waals surface area contributed by atoms with Crippen molar-refractivity contribution in [3.05, 3.63) is 54.1 Å². The molecular formula is C17H21NOS. The summed E-state index contributed by atoms with van der Waals surface area (Å²) in [6.07, 6.45) is 0. The van der Waals surface area contributed by atoms with Crippen LogP contribution in [0.15, 0.2) is 58.3 Å². The van der Waals surface area contributed by atoms with Crippen molar-refractivity contribution in [2.75, 3.05) is 7.11 Å². The van der Waals surface area contributed by atoms with Gasteiger partial charge in [0.25, 0.3) is 0 Å². The molecule has 0 radical (unpaired) electrons. The van der Waals surface area contributed by atoms with E-state index in [0.717, 1.165) is 17.2 Å². The smallest absolute Gasteiger partial charge is 0.132 e. The number of ether oxygens (including phenoxy) is 1. The van der Waals surface area contributed by atoms with Gasteiger partial charge in [0.2, 0.25) is 0 Å². The van der Waals surface area contributed by atoms with Gasteiger partial charge in [-0.25, -0.2) is 0 Å². The lowest BCUT2D eigenvalue weighted by Gasteiger charge is -2.10. The maximum absolute atomic E-state index is 5.38. The van der Waals surface area contributed by atoms with Gasteiger partial charge >= 0.3 is 0 Å². The Labute approximate surface area is 125 Å². The Bertz CT molecular complexity index is 537. The molecule has 0 atom stereocenters. The predicted molar refractivity (Wildman–Crippen MR) is 85.5 cm³/mol. The minimum absolute atomic E-state index is 0.512. The first-order valence-electron chi connectivity index (χ1n) is 6.82. The number of para-hydroxylation sites is 1. The summed E-state index contributed by atoms with van der Waals surface area (Å²) < 4.78 is 5.38. The zero-order valence-electron chi connectivity index (χ0n) is 12.2. The van der Waals surface area contributed by atoms with Crippen LogP contribution in [0.3, 0.4) is 0 Å². The summed E-state index contributed by atoms with van der Waals surface area (Å²) in [4.78, 5) is 2.37. The SMILES string of the molecule is COc1ccccc1Sc1ccc(CNC(C)C)cc1. The summed E-state index contributed by atoms with van der Waals surface area (Å²) in [5, 5.41) is 3.42. The van der Waals surface area contributed by atoms with E-state index >= 15 is 0 Å². The van der Waals surface area contributed by atoms with Crippen LogP contribution in [0.2, 0.25) is 0 Å². The van der Waals surface area contributed by atoms with Gasteiger partial charge in [-0.05, 0) is 29.8 Å². The Morgan fingerprint density at radius 1 is 1.05 bits per heavy atom. The molecule has 2 aromatic rings. The van der Waals surface area contributed by atoms with Crippen LogP contribution in [-0.2, 0) is 6.54 Å². The molecule has 20 heavy (non-hydrogen) atoms. The number of hydrogen-bond acceptors (Lipinski definition) is 3. The maximum Gasteiger partial charge on any atom is 0.132 e. The molecule has 0 aliphatic rings. The van der Waals surface area contributed by atoms with E-state index in [4.69, 9.17) is 4.74 Å². The van der Waals surface area contributed by atoms with Crippen molar-refractivity contribution in [3.63, 3.8) is 0 Å². The maximum atomic E-state index is 5.38. The normalized spacial score (nSPS) is 10.8. The number of rotatable bonds is 6. The quantitative estimate of drug-likeness (QED) is 0.853. The summed E-state index contributed by atoms with van der Waals surface area (Å²) in [6, 6.07) is 17.3. The van der Waals surface area contributed by atoms with Crippen molar-refractivity contribution in [1.82, 2.24) is 5.32 Å². The van der Waals surface area contributed by atoms with Crippen LogP contribution >= 0.6 is 11.8 Å². The minimum Gasteiger partial charge on any atom is -0.496 e. The van der Waals surface area contributed by atoms with Crippen LogP contribution in [0.1, 0.15) is 19.4 Å². The molecular weight excluding hydrogens is 266 g/mol. The third-order valence-electron chi connectivity index (χ3n) is 2.93. The molecule has 0 fully saturated rings. The molecule has 106 valence electrons. The molecule has 0 amide bonds. The Morgan fingerprint density at radius 2 is 1.75 bits per heavy atom. The molecule has 3 heteroatoms. The van der Waals surface area contributed by atoms with Crippen molar-refractivity contribution in [2.24, 2.45) is 0 Å². The van der Waals surface area contributed by atoms with E-state index in [0.29, 0.717) is 6.04 Å². The monoisotopic (exact) mass is 287 g/mol. The average molecular weight is 287 g/mol. The van der Waals surface area contributed by atoms with E-state index in [2.05, 4.69) is 49.5 Å². The molecule has 0 saturated carbocycles. The third kappa shape index (κ3) is 4.29. The van der Waals surface area contributed by atoms with E-state index in [-0.39, 0.29) is 0 Å². The van der Waals surface area contributed by atoms with Crippen molar-refractivity contribution in [2.45, 2.75) is 36.2 Å². The highest BCUT2D eigenvalue weighted by molar-refractivity contribution is 7.99. The Hall–Kier alpha value is -1.45. The first-order chi connectivity index (χ1) is 9.69. The van der Waals surface area contributed by atoms with Gasteiger partial charge < -0.3 is 10.1 Å². The Kier molecular flexibility index (Phi) is 5.50. The lowest BCUT2D eigenvalue weighted by atomic mass is 10.2. The molecule has 0 heterocycles. The predicted octanol–water partition coefficient (Wildman–Crippen LogP) is 4.34. The summed E-state index contributed by atoms with van der Waals surface area (Å²) in [6.45, 7) is 5.23. The second-order valence-corrected chi connectivity index (χ2v) is 6.05. The van der Waals surface area contributed by atoms with E-state index in [1.54, 1.807) is 18.9 Å². The fourth-order valence-electron chi connectivity index (χ4n) is 1.83. The number of benzene rings is 2. The van der Waals surface area contributed by atoms with Crippen LogP contribution < -0.4 is 10.1 Å². The fraction of sp³-hybridized carbons (Fsp3) is 0.294. The molecule has 2 aromatic carbocycles. The molecule has 2 nitrogen and oxygen atoms in total. The number of nitrogens with one attached hydrogen (secondary N) is 1. The largest absolute Gasteiger partial charge is 0.496 e. The lowest BCUT2D eigenvalue weighted by Crippen LogP contribution is -2.21. The summed E-state index contributed by atoms with van der Waals surface area (Å²) in [7, 11) is 1.71. The van der Waals surface area contributed by atoms with Crippen LogP contribution in [0.5, 0.6) is 5.75 Å². The molecule has 0 bridgehead atoms. The number of methoxy groups -OCH3 is 1. The molecule has 0 spiro atoms. The van der Waals surface area contributed by atoms with Gasteiger partial charge in [0, 0.05) is 17.5 Å². The zero-order valence-corrected chi connectivity index (χ0v) is 13.0. The first-order valence-corrected chi connectivity index (χ1v) is 7.64. The molecule has 0 saturated heterocycles. The zero-order chi connectivity index (χ0) is 14.4. The first kappa shape index (κ1) is 14.9. The van der Waals surface area contributed by atoms with Gasteiger partial charge in [-0.3, -0.25) is 0 Å². The average Bonchev–Trinajstić information content (AvgIpc) is 2.47.